The third-order valence-corrected chi connectivity index (χ3v) is 7.90. The molecule has 6 heteroatoms. The Morgan fingerprint density at radius 1 is 1.09 bits per heavy atom. The van der Waals surface area contributed by atoms with Crippen molar-refractivity contribution in [3.05, 3.63) is 70.3 Å². The van der Waals surface area contributed by atoms with Gasteiger partial charge >= 0.3 is 5.97 Å². The van der Waals surface area contributed by atoms with E-state index in [1.165, 1.54) is 0 Å². The number of carbonyl (C=O) groups is 3. The summed E-state index contributed by atoms with van der Waals surface area (Å²) < 4.78 is 18.3. The van der Waals surface area contributed by atoms with Crippen LogP contribution in [0.3, 0.4) is 0 Å². The van der Waals surface area contributed by atoms with Crippen LogP contribution in [0.15, 0.2) is 42.5 Å². The van der Waals surface area contributed by atoms with Crippen LogP contribution in [0.4, 0.5) is 0 Å². The van der Waals surface area contributed by atoms with E-state index in [9.17, 15) is 18.6 Å². The molecule has 0 heterocycles. The molecule has 0 saturated heterocycles. The highest BCUT2D eigenvalue weighted by atomic mass is 32.2. The van der Waals surface area contributed by atoms with Crippen molar-refractivity contribution in [2.45, 2.75) is 65.0 Å². The van der Waals surface area contributed by atoms with E-state index >= 15 is 0 Å². The minimum Gasteiger partial charge on any atom is -0.465 e. The summed E-state index contributed by atoms with van der Waals surface area (Å²) in [5, 5.41) is -0.398. The molecule has 0 aliphatic carbocycles. The molecule has 3 unspecified atom stereocenters. The Balaban J connectivity index is 2.04. The quantitative estimate of drug-likeness (QED) is 0.187. The fraction of sp³-hybridized carbons (Fsp3) is 0.464. The molecule has 0 bridgehead atoms. The highest BCUT2D eigenvalue weighted by Crippen LogP contribution is 2.25. The Kier molecular flexibility index (Phi) is 11.3. The first-order valence-corrected chi connectivity index (χ1v) is 13.4. The van der Waals surface area contributed by atoms with Crippen LogP contribution >= 0.6 is 0 Å². The van der Waals surface area contributed by atoms with Gasteiger partial charge in [-0.05, 0) is 43.4 Å². The fourth-order valence-corrected chi connectivity index (χ4v) is 4.96. The molecule has 34 heavy (non-hydrogen) atoms. The zero-order valence-electron chi connectivity index (χ0n) is 20.7. The topological polar surface area (TPSA) is 77.5 Å². The largest absolute Gasteiger partial charge is 0.465 e. The van der Waals surface area contributed by atoms with E-state index < -0.39 is 16.0 Å². The third-order valence-electron chi connectivity index (χ3n) is 6.23. The lowest BCUT2D eigenvalue weighted by Gasteiger charge is -2.16. The second-order valence-corrected chi connectivity index (χ2v) is 10.6. The van der Waals surface area contributed by atoms with Gasteiger partial charge in [0.2, 0.25) is 0 Å². The summed E-state index contributed by atoms with van der Waals surface area (Å²) in [4.78, 5) is 36.9. The van der Waals surface area contributed by atoms with Crippen LogP contribution in [0.1, 0.15) is 95.5 Å². The van der Waals surface area contributed by atoms with Gasteiger partial charge in [0.1, 0.15) is 0 Å². The summed E-state index contributed by atoms with van der Waals surface area (Å²) in [6, 6.07) is 12.2. The molecule has 0 fully saturated rings. The van der Waals surface area contributed by atoms with Gasteiger partial charge in [-0.25, -0.2) is 0 Å². The van der Waals surface area contributed by atoms with E-state index in [1.54, 1.807) is 37.3 Å². The summed E-state index contributed by atoms with van der Waals surface area (Å²) in [5.74, 6) is -0.0179. The molecule has 3 atom stereocenters. The highest BCUT2D eigenvalue weighted by Gasteiger charge is 2.21. The standard InChI is InChI=1S/C28H36O5S/c1-5-7-11-22(6-2)19-33-27(30)15-16-34(32)21(4)23-13-14-24(18-29)26(17-23)28(31)25-12-9-8-10-20(25)3/h8-10,12-14,17-18,21-22H,5-7,11,15-16,19H2,1-4H3. The van der Waals surface area contributed by atoms with E-state index in [4.69, 9.17) is 4.74 Å². The van der Waals surface area contributed by atoms with Gasteiger partial charge in [-0.15, -0.1) is 0 Å². The lowest BCUT2D eigenvalue weighted by Crippen LogP contribution is -2.17. The maximum atomic E-state index is 13.1. The Labute approximate surface area is 205 Å². The second kappa shape index (κ2) is 14.0. The summed E-state index contributed by atoms with van der Waals surface area (Å²) in [7, 11) is -1.34. The van der Waals surface area contributed by atoms with Crippen LogP contribution in [-0.4, -0.2) is 34.6 Å². The van der Waals surface area contributed by atoms with Crippen LogP contribution in [0.5, 0.6) is 0 Å². The van der Waals surface area contributed by atoms with E-state index in [1.807, 2.05) is 19.1 Å². The number of carbonyl (C=O) groups excluding carboxylic acids is 3. The number of unbranched alkanes of at least 4 members (excludes halogenated alkanes) is 1. The number of aryl methyl sites for hydroxylation is 1. The van der Waals surface area contributed by atoms with Crippen molar-refractivity contribution in [3.8, 4) is 0 Å². The van der Waals surface area contributed by atoms with Gasteiger partial charge in [-0.1, -0.05) is 69.5 Å². The Morgan fingerprint density at radius 2 is 1.82 bits per heavy atom. The minimum absolute atomic E-state index is 0.0859. The van der Waals surface area contributed by atoms with Crippen molar-refractivity contribution in [1.29, 1.82) is 0 Å². The van der Waals surface area contributed by atoms with Crippen LogP contribution in [0, 0.1) is 12.8 Å². The lowest BCUT2D eigenvalue weighted by molar-refractivity contribution is -0.144. The van der Waals surface area contributed by atoms with Gasteiger partial charge < -0.3 is 4.74 Å². The maximum Gasteiger partial charge on any atom is 0.306 e. The number of aldehydes is 1. The third kappa shape index (κ3) is 7.73. The summed E-state index contributed by atoms with van der Waals surface area (Å²) in [6.45, 7) is 8.30. The van der Waals surface area contributed by atoms with Crippen LogP contribution < -0.4 is 0 Å². The zero-order chi connectivity index (χ0) is 25.1. The van der Waals surface area contributed by atoms with Crippen LogP contribution in [-0.2, 0) is 20.3 Å². The van der Waals surface area contributed by atoms with Crippen molar-refractivity contribution < 1.29 is 23.3 Å². The van der Waals surface area contributed by atoms with E-state index in [0.29, 0.717) is 41.1 Å². The van der Waals surface area contributed by atoms with E-state index in [-0.39, 0.29) is 23.9 Å². The Morgan fingerprint density at radius 3 is 2.47 bits per heavy atom. The van der Waals surface area contributed by atoms with Gasteiger partial charge in [0.25, 0.3) is 0 Å². The second-order valence-electron chi connectivity index (χ2n) is 8.69. The first-order chi connectivity index (χ1) is 16.3. The number of ether oxygens (including phenoxy) is 1. The van der Waals surface area contributed by atoms with Gasteiger partial charge in [-0.3, -0.25) is 18.6 Å². The first-order valence-electron chi connectivity index (χ1n) is 12.0. The molecule has 0 radical (unpaired) electrons. The molecule has 0 aromatic heterocycles. The molecule has 0 amide bonds. The molecule has 0 aliphatic heterocycles. The van der Waals surface area contributed by atoms with Gasteiger partial charge in [0.05, 0.1) is 18.3 Å². The lowest BCUT2D eigenvalue weighted by atomic mass is 9.94. The zero-order valence-corrected chi connectivity index (χ0v) is 21.5. The molecular weight excluding hydrogens is 448 g/mol. The molecule has 2 aromatic rings. The SMILES string of the molecule is CCCCC(CC)COC(=O)CCS(=O)C(C)c1ccc(C=O)c(C(=O)c2ccccc2C)c1. The normalized spacial score (nSPS) is 13.6. The number of rotatable bonds is 14. The molecular formula is C28H36O5S. The first kappa shape index (κ1) is 27.6. The maximum absolute atomic E-state index is 13.1. The average Bonchev–Trinajstić information content (AvgIpc) is 2.86. The van der Waals surface area contributed by atoms with Crippen LogP contribution in [0.25, 0.3) is 0 Å². The minimum atomic E-state index is -1.34. The number of benzene rings is 2. The predicted molar refractivity (Wildman–Crippen MR) is 137 cm³/mol. The molecule has 2 rings (SSSR count). The average molecular weight is 485 g/mol. The molecule has 0 spiro atoms. The highest BCUT2D eigenvalue weighted by molar-refractivity contribution is 7.85. The molecule has 0 N–H and O–H groups in total. The van der Waals surface area contributed by atoms with Crippen molar-refractivity contribution in [2.75, 3.05) is 12.4 Å². The number of esters is 1. The molecule has 0 saturated carbocycles. The molecule has 184 valence electrons. The fourth-order valence-electron chi connectivity index (χ4n) is 3.79. The van der Waals surface area contributed by atoms with Crippen molar-refractivity contribution >= 4 is 28.8 Å². The number of hydrogen-bond donors (Lipinski definition) is 0. The van der Waals surface area contributed by atoms with Crippen molar-refractivity contribution in [2.24, 2.45) is 5.92 Å². The summed E-state index contributed by atoms with van der Waals surface area (Å²) >= 11 is 0. The molecule has 0 aliphatic rings. The Bertz CT molecular complexity index is 1010. The van der Waals surface area contributed by atoms with E-state index in [0.717, 1.165) is 31.2 Å². The smallest absolute Gasteiger partial charge is 0.306 e. The Hall–Kier alpha value is -2.60. The summed E-state index contributed by atoms with van der Waals surface area (Å²) in [5.41, 5.74) is 2.64. The van der Waals surface area contributed by atoms with Gasteiger partial charge in [0.15, 0.2) is 12.1 Å². The van der Waals surface area contributed by atoms with E-state index in [2.05, 4.69) is 13.8 Å². The van der Waals surface area contributed by atoms with Crippen molar-refractivity contribution in [1.82, 2.24) is 0 Å². The molecule has 2 aromatic carbocycles. The van der Waals surface area contributed by atoms with Gasteiger partial charge in [-0.2, -0.15) is 0 Å². The predicted octanol–water partition coefficient (Wildman–Crippen LogP) is 6.00. The summed E-state index contributed by atoms with van der Waals surface area (Å²) in [6.07, 6.45) is 5.00. The van der Waals surface area contributed by atoms with Crippen LogP contribution in [0.2, 0.25) is 0 Å². The number of ketones is 1. The van der Waals surface area contributed by atoms with Crippen molar-refractivity contribution in [3.63, 3.8) is 0 Å². The number of hydrogen-bond acceptors (Lipinski definition) is 5. The monoisotopic (exact) mass is 484 g/mol. The van der Waals surface area contributed by atoms with Gasteiger partial charge in [0, 0.05) is 33.2 Å². The molecule has 5 nitrogen and oxygen atoms in total.